The number of hydrogen-bond donors (Lipinski definition) is 3. The second-order valence-electron chi connectivity index (χ2n) is 7.92. The van der Waals surface area contributed by atoms with Crippen LogP contribution in [0.2, 0.25) is 0 Å². The fourth-order valence-electron chi connectivity index (χ4n) is 3.39. The molecule has 0 bridgehead atoms. The van der Waals surface area contributed by atoms with E-state index in [9.17, 15) is 13.2 Å². The molecule has 0 aliphatic carbocycles. The third-order valence-corrected chi connectivity index (χ3v) is 6.57. The summed E-state index contributed by atoms with van der Waals surface area (Å²) in [5.41, 5.74) is 1.69. The van der Waals surface area contributed by atoms with Crippen LogP contribution in [0.25, 0.3) is 0 Å². The first-order valence-electron chi connectivity index (χ1n) is 10.7. The van der Waals surface area contributed by atoms with E-state index in [-0.39, 0.29) is 16.5 Å². The van der Waals surface area contributed by atoms with Gasteiger partial charge in [0.25, 0.3) is 15.9 Å². The Balaban J connectivity index is 1.88. The van der Waals surface area contributed by atoms with E-state index >= 15 is 0 Å². The van der Waals surface area contributed by atoms with Crippen molar-refractivity contribution in [1.82, 2.24) is 15.6 Å². The van der Waals surface area contributed by atoms with Crippen molar-refractivity contribution >= 4 is 27.4 Å². The third kappa shape index (κ3) is 5.74. The molecule has 1 aliphatic heterocycles. The van der Waals surface area contributed by atoms with E-state index < -0.39 is 10.0 Å². The molecule has 0 spiro atoms. The number of benzene rings is 1. The van der Waals surface area contributed by atoms with Crippen LogP contribution in [0.15, 0.2) is 41.4 Å². The number of rotatable bonds is 8. The predicted octanol–water partition coefficient (Wildman–Crippen LogP) is 2.56. The van der Waals surface area contributed by atoms with Gasteiger partial charge in [-0.15, -0.1) is 0 Å². The van der Waals surface area contributed by atoms with Crippen molar-refractivity contribution in [3.8, 4) is 0 Å². The summed E-state index contributed by atoms with van der Waals surface area (Å²) in [4.78, 5) is 19.5. The molecule has 2 aromatic rings. The summed E-state index contributed by atoms with van der Waals surface area (Å²) in [6.07, 6.45) is 2.27. The minimum Gasteiger partial charge on any atom is -0.353 e. The zero-order valence-electron chi connectivity index (χ0n) is 18.3. The summed E-state index contributed by atoms with van der Waals surface area (Å²) in [5, 5.41) is 6.15. The summed E-state index contributed by atoms with van der Waals surface area (Å²) < 4.78 is 28.3. The summed E-state index contributed by atoms with van der Waals surface area (Å²) in [6.45, 7) is 9.69. The van der Waals surface area contributed by atoms with Gasteiger partial charge < -0.3 is 15.5 Å². The van der Waals surface area contributed by atoms with Crippen LogP contribution >= 0.6 is 0 Å². The van der Waals surface area contributed by atoms with Crippen molar-refractivity contribution in [2.24, 2.45) is 0 Å². The highest BCUT2D eigenvalue weighted by Crippen LogP contribution is 2.24. The Morgan fingerprint density at radius 3 is 2.48 bits per heavy atom. The van der Waals surface area contributed by atoms with Crippen LogP contribution in [0.4, 0.5) is 11.5 Å². The molecule has 1 saturated heterocycles. The van der Waals surface area contributed by atoms with Gasteiger partial charge in [-0.2, -0.15) is 0 Å². The molecule has 1 aromatic carbocycles. The first-order valence-corrected chi connectivity index (χ1v) is 12.2. The van der Waals surface area contributed by atoms with Gasteiger partial charge in [0, 0.05) is 32.7 Å². The van der Waals surface area contributed by atoms with E-state index in [1.165, 1.54) is 6.20 Å². The monoisotopic (exact) mass is 445 g/mol. The first-order chi connectivity index (χ1) is 14.8. The van der Waals surface area contributed by atoms with E-state index in [1.807, 2.05) is 24.0 Å². The quantitative estimate of drug-likeness (QED) is 0.577. The number of piperazine rings is 1. The molecule has 0 unspecified atom stereocenters. The van der Waals surface area contributed by atoms with Crippen LogP contribution in [0, 0.1) is 0 Å². The summed E-state index contributed by atoms with van der Waals surface area (Å²) >= 11 is 0. The molecule has 8 nitrogen and oxygen atoms in total. The number of hydrogen-bond acceptors (Lipinski definition) is 6. The maximum atomic E-state index is 12.9. The zero-order chi connectivity index (χ0) is 22.4. The van der Waals surface area contributed by atoms with Crippen LogP contribution in [-0.4, -0.2) is 52.0 Å². The average molecular weight is 446 g/mol. The van der Waals surface area contributed by atoms with Crippen molar-refractivity contribution in [3.63, 3.8) is 0 Å². The van der Waals surface area contributed by atoms with E-state index in [4.69, 9.17) is 0 Å². The van der Waals surface area contributed by atoms with Gasteiger partial charge in [0.05, 0.1) is 22.3 Å². The second-order valence-corrected chi connectivity index (χ2v) is 9.60. The van der Waals surface area contributed by atoms with Gasteiger partial charge in [-0.25, -0.2) is 13.4 Å². The maximum Gasteiger partial charge on any atom is 0.261 e. The topological polar surface area (TPSA) is 103 Å². The normalized spacial score (nSPS) is 14.5. The van der Waals surface area contributed by atoms with Gasteiger partial charge in [0.2, 0.25) is 0 Å². The molecule has 2 heterocycles. The summed E-state index contributed by atoms with van der Waals surface area (Å²) in [5.74, 6) is 0.625. The highest BCUT2D eigenvalue weighted by atomic mass is 32.2. The Morgan fingerprint density at radius 1 is 1.19 bits per heavy atom. The summed E-state index contributed by atoms with van der Waals surface area (Å²) in [7, 11) is -3.80. The molecule has 31 heavy (non-hydrogen) atoms. The smallest absolute Gasteiger partial charge is 0.261 e. The molecular formula is C22H31N5O3S. The van der Waals surface area contributed by atoms with Crippen molar-refractivity contribution in [2.75, 3.05) is 42.3 Å². The molecule has 9 heteroatoms. The van der Waals surface area contributed by atoms with Gasteiger partial charge in [-0.3, -0.25) is 9.52 Å². The number of nitrogens with one attached hydrogen (secondary N) is 3. The molecule has 1 amide bonds. The minimum atomic E-state index is -3.80. The number of anilines is 2. The van der Waals surface area contributed by atoms with Crippen LogP contribution in [0.5, 0.6) is 0 Å². The van der Waals surface area contributed by atoms with E-state index in [0.29, 0.717) is 23.8 Å². The van der Waals surface area contributed by atoms with Crippen molar-refractivity contribution in [3.05, 3.63) is 47.7 Å². The lowest BCUT2D eigenvalue weighted by molar-refractivity contribution is 0.0953. The lowest BCUT2D eigenvalue weighted by Crippen LogP contribution is -2.44. The number of nitrogens with zero attached hydrogens (tertiary/aromatic N) is 2. The number of carbonyl (C=O) groups is 1. The maximum absolute atomic E-state index is 12.9. The number of sulfonamides is 1. The molecule has 3 N–H and O–H groups in total. The Hall–Kier alpha value is -2.65. The Kier molecular flexibility index (Phi) is 7.50. The van der Waals surface area contributed by atoms with E-state index in [1.54, 1.807) is 18.2 Å². The molecule has 1 fully saturated rings. The Labute approximate surface area is 184 Å². The first kappa shape index (κ1) is 23.0. The third-order valence-electron chi connectivity index (χ3n) is 5.17. The lowest BCUT2D eigenvalue weighted by atomic mass is 10.0. The second kappa shape index (κ2) is 10.1. The average Bonchev–Trinajstić information content (AvgIpc) is 2.77. The van der Waals surface area contributed by atoms with Crippen molar-refractivity contribution < 1.29 is 13.2 Å². The summed E-state index contributed by atoms with van der Waals surface area (Å²) in [6, 6.07) is 8.38. The molecular weight excluding hydrogens is 414 g/mol. The van der Waals surface area contributed by atoms with Crippen LogP contribution in [0.3, 0.4) is 0 Å². The number of aromatic nitrogens is 1. The predicted molar refractivity (Wildman–Crippen MR) is 123 cm³/mol. The molecule has 168 valence electrons. The molecule has 0 atom stereocenters. The van der Waals surface area contributed by atoms with Crippen LogP contribution in [0.1, 0.15) is 49.0 Å². The van der Waals surface area contributed by atoms with Crippen molar-refractivity contribution in [1.29, 1.82) is 0 Å². The van der Waals surface area contributed by atoms with Crippen LogP contribution < -0.4 is 20.3 Å². The van der Waals surface area contributed by atoms with Crippen LogP contribution in [-0.2, 0) is 10.0 Å². The van der Waals surface area contributed by atoms with Crippen molar-refractivity contribution in [2.45, 2.75) is 38.0 Å². The number of pyridine rings is 1. The highest BCUT2D eigenvalue weighted by Gasteiger charge is 2.22. The Bertz CT molecular complexity index is 1000. The zero-order valence-corrected chi connectivity index (χ0v) is 19.1. The largest absolute Gasteiger partial charge is 0.353 e. The SMILES string of the molecule is CCCNC(=O)c1cc(NS(=O)(=O)c2ccc(C(C)C)cc2)cnc1N1CCNCC1. The molecule has 0 radical (unpaired) electrons. The van der Waals surface area contributed by atoms with Gasteiger partial charge >= 0.3 is 0 Å². The highest BCUT2D eigenvalue weighted by molar-refractivity contribution is 7.92. The van der Waals surface area contributed by atoms with Gasteiger partial charge in [-0.1, -0.05) is 32.9 Å². The van der Waals surface area contributed by atoms with E-state index in [0.717, 1.165) is 38.2 Å². The fourth-order valence-corrected chi connectivity index (χ4v) is 4.42. The number of amides is 1. The van der Waals surface area contributed by atoms with Gasteiger partial charge in [0.1, 0.15) is 5.82 Å². The minimum absolute atomic E-state index is 0.167. The van der Waals surface area contributed by atoms with Gasteiger partial charge in [0.15, 0.2) is 0 Å². The molecule has 1 aliphatic rings. The van der Waals surface area contributed by atoms with Gasteiger partial charge in [-0.05, 0) is 36.1 Å². The van der Waals surface area contributed by atoms with E-state index in [2.05, 4.69) is 34.2 Å². The molecule has 3 rings (SSSR count). The molecule has 0 saturated carbocycles. The fraction of sp³-hybridized carbons (Fsp3) is 0.455. The molecule has 1 aromatic heterocycles. The standard InChI is InChI=1S/C22H31N5O3S/c1-4-9-24-22(28)20-14-18(15-25-21(20)27-12-10-23-11-13-27)26-31(29,30)19-7-5-17(6-8-19)16(2)3/h5-8,14-16,23,26H,4,9-13H2,1-3H3,(H,24,28). The lowest BCUT2D eigenvalue weighted by Gasteiger charge is -2.30. The number of carbonyl (C=O) groups excluding carboxylic acids is 1. The Morgan fingerprint density at radius 2 is 1.87 bits per heavy atom.